The minimum atomic E-state index is -0.0475. The average molecular weight is 208 g/mol. The van der Waals surface area contributed by atoms with Crippen LogP contribution in [0.25, 0.3) is 0 Å². The molecule has 0 unspecified atom stereocenters. The van der Waals surface area contributed by atoms with Gasteiger partial charge >= 0.3 is 6.01 Å². The molecule has 0 radical (unpaired) electrons. The number of hydrogen-bond acceptors (Lipinski definition) is 5. The molecule has 1 aromatic heterocycles. The van der Waals surface area contributed by atoms with Crippen molar-refractivity contribution in [3.63, 3.8) is 0 Å². The van der Waals surface area contributed by atoms with Crippen LogP contribution in [-0.4, -0.2) is 27.6 Å². The Morgan fingerprint density at radius 2 is 2.47 bits per heavy atom. The third-order valence-corrected chi connectivity index (χ3v) is 2.15. The van der Waals surface area contributed by atoms with Gasteiger partial charge in [0, 0.05) is 6.20 Å². The van der Waals surface area contributed by atoms with Crippen molar-refractivity contribution in [3.8, 4) is 6.01 Å². The molecule has 0 aromatic carbocycles. The Balaban J connectivity index is 2.03. The fourth-order valence-electron chi connectivity index (χ4n) is 1.08. The number of hydrogen-bond donors (Lipinski definition) is 2. The molecular formula is C9H12N4O2. The summed E-state index contributed by atoms with van der Waals surface area (Å²) in [6.45, 7) is 0.639. The molecule has 0 saturated heterocycles. The first-order valence-electron chi connectivity index (χ1n) is 4.73. The molecule has 80 valence electrons. The SMILES string of the molecule is N/C(=N/O)c1ccnc(OCC2CC2)n1. The van der Waals surface area contributed by atoms with E-state index in [9.17, 15) is 0 Å². The second kappa shape index (κ2) is 4.12. The van der Waals surface area contributed by atoms with E-state index in [1.165, 1.54) is 19.0 Å². The topological polar surface area (TPSA) is 93.6 Å². The summed E-state index contributed by atoms with van der Waals surface area (Å²) in [5.74, 6) is 0.592. The number of rotatable bonds is 4. The van der Waals surface area contributed by atoms with Crippen LogP contribution >= 0.6 is 0 Å². The van der Waals surface area contributed by atoms with Crippen LogP contribution in [0, 0.1) is 5.92 Å². The van der Waals surface area contributed by atoms with Crippen molar-refractivity contribution in [1.29, 1.82) is 0 Å². The average Bonchev–Trinajstić information content (AvgIpc) is 3.09. The number of aromatic nitrogens is 2. The van der Waals surface area contributed by atoms with Crippen molar-refractivity contribution in [3.05, 3.63) is 18.0 Å². The van der Waals surface area contributed by atoms with E-state index in [4.69, 9.17) is 15.7 Å². The highest BCUT2D eigenvalue weighted by Gasteiger charge is 2.22. The molecule has 0 bridgehead atoms. The molecule has 6 heteroatoms. The quantitative estimate of drug-likeness (QED) is 0.322. The van der Waals surface area contributed by atoms with Crippen molar-refractivity contribution in [2.45, 2.75) is 12.8 Å². The van der Waals surface area contributed by atoms with E-state index in [1.54, 1.807) is 6.07 Å². The van der Waals surface area contributed by atoms with Gasteiger partial charge < -0.3 is 15.7 Å². The molecule has 1 aliphatic carbocycles. The van der Waals surface area contributed by atoms with Crippen LogP contribution in [0.5, 0.6) is 6.01 Å². The largest absolute Gasteiger partial charge is 0.463 e. The van der Waals surface area contributed by atoms with Crippen LogP contribution in [0.4, 0.5) is 0 Å². The van der Waals surface area contributed by atoms with Crippen LogP contribution in [-0.2, 0) is 0 Å². The number of oxime groups is 1. The molecule has 6 nitrogen and oxygen atoms in total. The minimum Gasteiger partial charge on any atom is -0.463 e. The van der Waals surface area contributed by atoms with Gasteiger partial charge in [-0.05, 0) is 24.8 Å². The summed E-state index contributed by atoms with van der Waals surface area (Å²) in [6, 6.07) is 1.82. The van der Waals surface area contributed by atoms with Gasteiger partial charge in [-0.1, -0.05) is 5.16 Å². The lowest BCUT2D eigenvalue weighted by Gasteiger charge is -2.03. The summed E-state index contributed by atoms with van der Waals surface area (Å²) >= 11 is 0. The van der Waals surface area contributed by atoms with E-state index in [0.717, 1.165) is 0 Å². The van der Waals surface area contributed by atoms with Crippen molar-refractivity contribution < 1.29 is 9.94 Å². The van der Waals surface area contributed by atoms with Crippen LogP contribution in [0.3, 0.4) is 0 Å². The molecule has 1 aromatic rings. The molecule has 3 N–H and O–H groups in total. The van der Waals surface area contributed by atoms with E-state index in [-0.39, 0.29) is 11.8 Å². The predicted molar refractivity (Wildman–Crippen MR) is 52.8 cm³/mol. The van der Waals surface area contributed by atoms with Gasteiger partial charge in [0.25, 0.3) is 0 Å². The molecule has 1 aliphatic rings. The van der Waals surface area contributed by atoms with Crippen molar-refractivity contribution in [2.24, 2.45) is 16.8 Å². The summed E-state index contributed by atoms with van der Waals surface area (Å²) in [7, 11) is 0. The zero-order valence-corrected chi connectivity index (χ0v) is 8.13. The molecule has 1 heterocycles. The molecule has 0 amide bonds. The van der Waals surface area contributed by atoms with Crippen LogP contribution in [0.1, 0.15) is 18.5 Å². The first kappa shape index (κ1) is 9.70. The first-order valence-corrected chi connectivity index (χ1v) is 4.73. The number of nitrogens with zero attached hydrogens (tertiary/aromatic N) is 3. The van der Waals surface area contributed by atoms with Gasteiger partial charge in [-0.15, -0.1) is 0 Å². The predicted octanol–water partition coefficient (Wildman–Crippen LogP) is 0.360. The van der Waals surface area contributed by atoms with Gasteiger partial charge in [0.05, 0.1) is 6.61 Å². The highest BCUT2D eigenvalue weighted by molar-refractivity contribution is 5.95. The third-order valence-electron chi connectivity index (χ3n) is 2.15. The molecule has 1 saturated carbocycles. The standard InChI is InChI=1S/C9H12N4O2/c10-8(13-14)7-3-4-11-9(12-7)15-5-6-1-2-6/h3-4,6,14H,1-2,5H2,(H2,10,13). The zero-order valence-electron chi connectivity index (χ0n) is 8.13. The Kier molecular flexibility index (Phi) is 2.66. The highest BCUT2D eigenvalue weighted by Crippen LogP contribution is 2.28. The van der Waals surface area contributed by atoms with E-state index in [1.807, 2.05) is 0 Å². The maximum atomic E-state index is 8.47. The zero-order chi connectivity index (χ0) is 10.7. The van der Waals surface area contributed by atoms with Crippen LogP contribution in [0.2, 0.25) is 0 Å². The smallest absolute Gasteiger partial charge is 0.317 e. The van der Waals surface area contributed by atoms with Gasteiger partial charge in [0.1, 0.15) is 5.69 Å². The molecule has 2 rings (SSSR count). The molecule has 15 heavy (non-hydrogen) atoms. The minimum absolute atomic E-state index is 0.0475. The maximum Gasteiger partial charge on any atom is 0.317 e. The lowest BCUT2D eigenvalue weighted by molar-refractivity contribution is 0.276. The van der Waals surface area contributed by atoms with E-state index in [2.05, 4.69) is 15.1 Å². The first-order chi connectivity index (χ1) is 7.29. The third kappa shape index (κ3) is 2.55. The summed E-state index contributed by atoms with van der Waals surface area (Å²) in [6.07, 6.45) is 3.93. The second-order valence-electron chi connectivity index (χ2n) is 3.46. The monoisotopic (exact) mass is 208 g/mol. The van der Waals surface area contributed by atoms with Gasteiger partial charge in [-0.2, -0.15) is 4.98 Å². The number of nitrogens with two attached hydrogens (primary N) is 1. The normalized spacial score (nSPS) is 16.4. The Morgan fingerprint density at radius 1 is 1.67 bits per heavy atom. The van der Waals surface area contributed by atoms with Crippen molar-refractivity contribution in [1.82, 2.24) is 9.97 Å². The van der Waals surface area contributed by atoms with Crippen molar-refractivity contribution in [2.75, 3.05) is 6.61 Å². The Morgan fingerprint density at radius 3 is 3.13 bits per heavy atom. The molecule has 0 atom stereocenters. The molecular weight excluding hydrogens is 196 g/mol. The van der Waals surface area contributed by atoms with Gasteiger partial charge in [-0.25, -0.2) is 4.98 Å². The maximum absolute atomic E-state index is 8.47. The van der Waals surface area contributed by atoms with Gasteiger partial charge in [0.15, 0.2) is 5.84 Å². The second-order valence-corrected chi connectivity index (χ2v) is 3.46. The fraction of sp³-hybridized carbons (Fsp3) is 0.444. The summed E-state index contributed by atoms with van der Waals surface area (Å²) < 4.78 is 5.35. The van der Waals surface area contributed by atoms with Crippen LogP contribution < -0.4 is 10.5 Å². The lowest BCUT2D eigenvalue weighted by atomic mass is 10.4. The number of amidine groups is 1. The Labute approximate surface area is 86.8 Å². The molecule has 0 spiro atoms. The Bertz CT molecular complexity index is 376. The molecule has 1 fully saturated rings. The lowest BCUT2D eigenvalue weighted by Crippen LogP contribution is -2.16. The Hall–Kier alpha value is -1.85. The molecule has 0 aliphatic heterocycles. The summed E-state index contributed by atoms with van der Waals surface area (Å²) in [4.78, 5) is 7.92. The fourth-order valence-corrected chi connectivity index (χ4v) is 1.08. The van der Waals surface area contributed by atoms with E-state index < -0.39 is 0 Å². The van der Waals surface area contributed by atoms with E-state index in [0.29, 0.717) is 18.2 Å². The van der Waals surface area contributed by atoms with Gasteiger partial charge in [-0.3, -0.25) is 0 Å². The van der Waals surface area contributed by atoms with E-state index >= 15 is 0 Å². The summed E-state index contributed by atoms with van der Waals surface area (Å²) in [5, 5.41) is 11.3. The summed E-state index contributed by atoms with van der Waals surface area (Å²) in [5.41, 5.74) is 5.75. The number of ether oxygens (including phenoxy) is 1. The van der Waals surface area contributed by atoms with Crippen LogP contribution in [0.15, 0.2) is 17.4 Å². The van der Waals surface area contributed by atoms with Crippen molar-refractivity contribution >= 4 is 5.84 Å². The highest BCUT2D eigenvalue weighted by atomic mass is 16.5. The van der Waals surface area contributed by atoms with Gasteiger partial charge in [0.2, 0.25) is 0 Å².